The second kappa shape index (κ2) is 5.39. The van der Waals surface area contributed by atoms with Crippen molar-refractivity contribution in [2.75, 3.05) is 11.9 Å². The van der Waals surface area contributed by atoms with E-state index < -0.39 is 5.97 Å². The van der Waals surface area contributed by atoms with E-state index in [1.54, 1.807) is 12.3 Å². The number of hydrogen-bond donors (Lipinski definition) is 1. The molecule has 2 rings (SSSR count). The van der Waals surface area contributed by atoms with Gasteiger partial charge in [0, 0.05) is 5.38 Å². The van der Waals surface area contributed by atoms with E-state index >= 15 is 0 Å². The summed E-state index contributed by atoms with van der Waals surface area (Å²) >= 11 is 1.32. The normalized spacial score (nSPS) is 10.2. The second-order valence-corrected chi connectivity index (χ2v) is 3.82. The van der Waals surface area contributed by atoms with Gasteiger partial charge in [-0.15, -0.1) is 11.3 Å². The van der Waals surface area contributed by atoms with Crippen LogP contribution >= 0.6 is 11.3 Å². The highest BCUT2D eigenvalue weighted by Crippen LogP contribution is 2.16. The van der Waals surface area contributed by atoms with Crippen LogP contribution in [0.3, 0.4) is 0 Å². The smallest absolute Gasteiger partial charge is 0.357 e. The molecule has 17 heavy (non-hydrogen) atoms. The van der Waals surface area contributed by atoms with E-state index in [4.69, 9.17) is 4.74 Å². The molecule has 0 aliphatic carbocycles. The average Bonchev–Trinajstić information content (AvgIpc) is 2.98. The lowest BCUT2D eigenvalue weighted by Crippen LogP contribution is -2.06. The van der Waals surface area contributed by atoms with Crippen LogP contribution in [0.5, 0.6) is 0 Å². The molecule has 7 nitrogen and oxygen atoms in total. The maximum atomic E-state index is 11.3. The molecular formula is C9H10N4O3S. The first-order valence-corrected chi connectivity index (χ1v) is 5.79. The van der Waals surface area contributed by atoms with Crippen LogP contribution in [0.4, 0.5) is 5.13 Å². The number of carbonyl (C=O) groups excluding carboxylic acids is 1. The summed E-state index contributed by atoms with van der Waals surface area (Å²) < 4.78 is 9.42. The van der Waals surface area contributed by atoms with Crippen LogP contribution in [-0.4, -0.2) is 27.7 Å². The van der Waals surface area contributed by atoms with Crippen LogP contribution in [0.1, 0.15) is 23.2 Å². The molecule has 0 radical (unpaired) electrons. The monoisotopic (exact) mass is 254 g/mol. The Morgan fingerprint density at radius 2 is 2.53 bits per heavy atom. The molecule has 0 aliphatic heterocycles. The Bertz CT molecular complexity index is 482. The Labute approximate surface area is 101 Å². The number of rotatable bonds is 5. The number of nitrogens with one attached hydrogen (secondary N) is 1. The van der Waals surface area contributed by atoms with Gasteiger partial charge >= 0.3 is 5.97 Å². The number of hydrogen-bond acceptors (Lipinski definition) is 8. The molecule has 1 N–H and O–H groups in total. The van der Waals surface area contributed by atoms with Gasteiger partial charge in [-0.1, -0.05) is 5.16 Å². The summed E-state index contributed by atoms with van der Waals surface area (Å²) in [4.78, 5) is 19.3. The maximum absolute atomic E-state index is 11.3. The van der Waals surface area contributed by atoms with Gasteiger partial charge in [0.1, 0.15) is 0 Å². The molecule has 0 bridgehead atoms. The third kappa shape index (κ3) is 3.00. The van der Waals surface area contributed by atoms with Crippen molar-refractivity contribution in [3.05, 3.63) is 23.3 Å². The van der Waals surface area contributed by atoms with Crippen molar-refractivity contribution >= 4 is 22.4 Å². The zero-order chi connectivity index (χ0) is 12.1. The minimum Gasteiger partial charge on any atom is -0.461 e. The fourth-order valence-electron chi connectivity index (χ4n) is 1.08. The van der Waals surface area contributed by atoms with Crippen molar-refractivity contribution in [1.82, 2.24) is 15.1 Å². The highest BCUT2D eigenvalue weighted by molar-refractivity contribution is 7.13. The van der Waals surface area contributed by atoms with Crippen molar-refractivity contribution in [2.24, 2.45) is 0 Å². The fraction of sp³-hybridized carbons (Fsp3) is 0.333. The molecule has 0 aromatic carbocycles. The number of esters is 1. The quantitative estimate of drug-likeness (QED) is 0.804. The Kier molecular flexibility index (Phi) is 3.66. The molecule has 0 unspecified atom stereocenters. The van der Waals surface area contributed by atoms with E-state index in [2.05, 4.69) is 25.0 Å². The van der Waals surface area contributed by atoms with Crippen LogP contribution in [0.15, 0.2) is 16.3 Å². The highest BCUT2D eigenvalue weighted by Gasteiger charge is 2.11. The topological polar surface area (TPSA) is 90.1 Å². The van der Waals surface area contributed by atoms with Crippen molar-refractivity contribution < 1.29 is 14.1 Å². The van der Waals surface area contributed by atoms with Crippen molar-refractivity contribution in [2.45, 2.75) is 13.5 Å². The van der Waals surface area contributed by atoms with Crippen LogP contribution in [0, 0.1) is 0 Å². The molecule has 2 aromatic heterocycles. The molecule has 0 saturated carbocycles. The van der Waals surface area contributed by atoms with E-state index in [9.17, 15) is 4.79 Å². The molecule has 0 aliphatic rings. The lowest BCUT2D eigenvalue weighted by atomic mass is 10.5. The van der Waals surface area contributed by atoms with Crippen molar-refractivity contribution in [3.63, 3.8) is 0 Å². The van der Waals surface area contributed by atoms with Crippen LogP contribution in [-0.2, 0) is 11.3 Å². The molecule has 0 atom stereocenters. The number of thiazole rings is 1. The molecule has 2 heterocycles. The standard InChI is InChI=1S/C9H10N4O3S/c1-2-15-8(14)6-4-17-9(12-6)10-3-7-11-5-16-13-7/h4-5H,2-3H2,1H3,(H,10,12). The molecule has 0 amide bonds. The van der Waals surface area contributed by atoms with Crippen LogP contribution < -0.4 is 5.32 Å². The lowest BCUT2D eigenvalue weighted by molar-refractivity contribution is 0.0520. The first kappa shape index (κ1) is 11.5. The number of anilines is 1. The van der Waals surface area contributed by atoms with Crippen LogP contribution in [0.25, 0.3) is 0 Å². The molecular weight excluding hydrogens is 244 g/mol. The van der Waals surface area contributed by atoms with Gasteiger partial charge in [0.25, 0.3) is 0 Å². The molecule has 2 aromatic rings. The largest absolute Gasteiger partial charge is 0.461 e. The summed E-state index contributed by atoms with van der Waals surface area (Å²) in [6, 6.07) is 0. The minimum absolute atomic E-state index is 0.299. The average molecular weight is 254 g/mol. The third-order valence-corrected chi connectivity index (χ3v) is 2.59. The zero-order valence-electron chi connectivity index (χ0n) is 9.04. The van der Waals surface area contributed by atoms with Crippen molar-refractivity contribution in [3.8, 4) is 0 Å². The third-order valence-electron chi connectivity index (χ3n) is 1.79. The minimum atomic E-state index is -0.420. The number of carbonyl (C=O) groups is 1. The summed E-state index contributed by atoms with van der Waals surface area (Å²) in [5.41, 5.74) is 0.299. The Morgan fingerprint density at radius 3 is 3.24 bits per heavy atom. The summed E-state index contributed by atoms with van der Waals surface area (Å²) in [7, 11) is 0. The van der Waals surface area contributed by atoms with Gasteiger partial charge in [-0.25, -0.2) is 9.78 Å². The molecule has 0 fully saturated rings. The molecule has 0 saturated heterocycles. The van der Waals surface area contributed by atoms with Gasteiger partial charge in [-0.2, -0.15) is 4.98 Å². The van der Waals surface area contributed by atoms with E-state index in [-0.39, 0.29) is 0 Å². The molecule has 8 heteroatoms. The SMILES string of the molecule is CCOC(=O)c1csc(NCc2ncon2)n1. The van der Waals surface area contributed by atoms with Gasteiger partial charge in [-0.05, 0) is 6.92 Å². The van der Waals surface area contributed by atoms with Gasteiger partial charge < -0.3 is 14.6 Å². The van der Waals surface area contributed by atoms with Gasteiger partial charge in [0.2, 0.25) is 6.39 Å². The Morgan fingerprint density at radius 1 is 1.65 bits per heavy atom. The van der Waals surface area contributed by atoms with E-state index in [1.807, 2.05) is 0 Å². The Hall–Kier alpha value is -1.96. The Balaban J connectivity index is 1.92. The number of ether oxygens (including phenoxy) is 1. The first-order valence-electron chi connectivity index (χ1n) is 4.91. The van der Waals surface area contributed by atoms with Gasteiger partial charge in [-0.3, -0.25) is 0 Å². The predicted octanol–water partition coefficient (Wildman–Crippen LogP) is 1.31. The van der Waals surface area contributed by atoms with Crippen molar-refractivity contribution in [1.29, 1.82) is 0 Å². The van der Waals surface area contributed by atoms with Gasteiger partial charge in [0.15, 0.2) is 16.6 Å². The van der Waals surface area contributed by atoms with Gasteiger partial charge in [0.05, 0.1) is 13.2 Å². The highest BCUT2D eigenvalue weighted by atomic mass is 32.1. The second-order valence-electron chi connectivity index (χ2n) is 2.96. The summed E-state index contributed by atoms with van der Waals surface area (Å²) in [5, 5.41) is 8.86. The van der Waals surface area contributed by atoms with E-state index in [0.717, 1.165) is 0 Å². The summed E-state index contributed by atoms with van der Waals surface area (Å²) in [5.74, 6) is 0.106. The summed E-state index contributed by atoms with van der Waals surface area (Å²) in [6.45, 7) is 2.48. The maximum Gasteiger partial charge on any atom is 0.357 e. The fourth-order valence-corrected chi connectivity index (χ4v) is 1.76. The molecule has 0 spiro atoms. The first-order chi connectivity index (χ1) is 8.29. The van der Waals surface area contributed by atoms with E-state index in [0.29, 0.717) is 29.8 Å². The number of aromatic nitrogens is 3. The van der Waals surface area contributed by atoms with Crippen LogP contribution in [0.2, 0.25) is 0 Å². The van der Waals surface area contributed by atoms with E-state index in [1.165, 1.54) is 17.7 Å². The number of nitrogens with zero attached hydrogens (tertiary/aromatic N) is 3. The molecule has 90 valence electrons. The predicted molar refractivity (Wildman–Crippen MR) is 59.7 cm³/mol. The zero-order valence-corrected chi connectivity index (χ0v) is 9.86. The lowest BCUT2D eigenvalue weighted by Gasteiger charge is -1.97. The summed E-state index contributed by atoms with van der Waals surface area (Å²) in [6.07, 6.45) is 1.25.